The fourth-order valence-corrected chi connectivity index (χ4v) is 3.50. The van der Waals surface area contributed by atoms with E-state index in [1.807, 2.05) is 30.3 Å². The van der Waals surface area contributed by atoms with Gasteiger partial charge in [-0.25, -0.2) is 18.5 Å². The van der Waals surface area contributed by atoms with E-state index in [4.69, 9.17) is 9.88 Å². The summed E-state index contributed by atoms with van der Waals surface area (Å²) in [4.78, 5) is 4.10. The van der Waals surface area contributed by atoms with Gasteiger partial charge in [-0.15, -0.1) is 0 Å². The Morgan fingerprint density at radius 1 is 1.22 bits per heavy atom. The number of sulfonamides is 1. The lowest BCUT2D eigenvalue weighted by Crippen LogP contribution is -2.21. The van der Waals surface area contributed by atoms with Crippen LogP contribution < -0.4 is 10.5 Å². The summed E-state index contributed by atoms with van der Waals surface area (Å²) in [6.45, 7) is 1.26. The Bertz CT molecular complexity index is 765. The van der Waals surface area contributed by atoms with Crippen molar-refractivity contribution >= 4 is 15.8 Å². The summed E-state index contributed by atoms with van der Waals surface area (Å²) in [6, 6.07) is 13.0. The van der Waals surface area contributed by atoms with Gasteiger partial charge in [-0.05, 0) is 24.1 Å². The number of hydrogen-bond acceptors (Lipinski definition) is 5. The lowest BCUT2D eigenvalue weighted by atomic mass is 9.95. The Labute approximate surface area is 135 Å². The van der Waals surface area contributed by atoms with Gasteiger partial charge >= 0.3 is 0 Å². The molecule has 0 unspecified atom stereocenters. The van der Waals surface area contributed by atoms with Gasteiger partial charge in [0.15, 0.2) is 0 Å². The van der Waals surface area contributed by atoms with E-state index in [2.05, 4.69) is 10.3 Å². The Kier molecular flexibility index (Phi) is 4.61. The molecule has 0 saturated carbocycles. The molecule has 1 aromatic carbocycles. The number of nitrogens with zero attached hydrogens (tertiary/aromatic N) is 1. The van der Waals surface area contributed by atoms with E-state index in [9.17, 15) is 8.42 Å². The zero-order valence-electron chi connectivity index (χ0n) is 12.6. The summed E-state index contributed by atoms with van der Waals surface area (Å²) in [5, 5.41) is 8.34. The molecule has 122 valence electrons. The van der Waals surface area contributed by atoms with Crippen LogP contribution in [0.4, 0.5) is 5.82 Å². The lowest BCUT2D eigenvalue weighted by Gasteiger charge is -2.20. The first-order valence-electron chi connectivity index (χ1n) is 7.44. The fourth-order valence-electron chi connectivity index (χ4n) is 2.83. The number of hydrogen-bond donors (Lipinski definition) is 2. The summed E-state index contributed by atoms with van der Waals surface area (Å²) in [7, 11) is -3.80. The van der Waals surface area contributed by atoms with Gasteiger partial charge in [0.2, 0.25) is 10.0 Å². The molecule has 0 amide bonds. The van der Waals surface area contributed by atoms with Crippen LogP contribution in [0, 0.1) is 5.92 Å². The minimum atomic E-state index is -3.80. The van der Waals surface area contributed by atoms with Crippen LogP contribution in [0.2, 0.25) is 0 Å². The van der Waals surface area contributed by atoms with Gasteiger partial charge in [0, 0.05) is 25.3 Å². The van der Waals surface area contributed by atoms with Crippen molar-refractivity contribution in [3.63, 3.8) is 0 Å². The molecule has 1 aliphatic rings. The van der Waals surface area contributed by atoms with E-state index in [1.165, 1.54) is 12.3 Å². The Morgan fingerprint density at radius 2 is 2.00 bits per heavy atom. The maximum Gasteiger partial charge on any atom is 0.241 e. The molecule has 1 saturated heterocycles. The number of nitrogens with two attached hydrogens (primary N) is 1. The maximum absolute atomic E-state index is 11.6. The average Bonchev–Trinajstić information content (AvgIpc) is 3.02. The van der Waals surface area contributed by atoms with Crippen LogP contribution in [0.1, 0.15) is 18.1 Å². The van der Waals surface area contributed by atoms with Gasteiger partial charge < -0.3 is 10.1 Å². The minimum absolute atomic E-state index is 0.00495. The monoisotopic (exact) mass is 333 g/mol. The van der Waals surface area contributed by atoms with Crippen molar-refractivity contribution in [2.75, 3.05) is 18.5 Å². The third-order valence-electron chi connectivity index (χ3n) is 3.95. The van der Waals surface area contributed by atoms with E-state index in [-0.39, 0.29) is 22.7 Å². The van der Waals surface area contributed by atoms with Gasteiger partial charge in [0.05, 0.1) is 6.10 Å². The zero-order chi connectivity index (χ0) is 16.3. The van der Waals surface area contributed by atoms with Crippen LogP contribution >= 0.6 is 0 Å². The van der Waals surface area contributed by atoms with Crippen LogP contribution in [0.3, 0.4) is 0 Å². The molecule has 1 aliphatic heterocycles. The number of rotatable bonds is 5. The quantitative estimate of drug-likeness (QED) is 0.872. The van der Waals surface area contributed by atoms with E-state index in [1.54, 1.807) is 6.07 Å². The summed E-state index contributed by atoms with van der Waals surface area (Å²) in [5.74, 6) is 0.529. The van der Waals surface area contributed by atoms with Crippen LogP contribution in [0.25, 0.3) is 0 Å². The SMILES string of the molecule is NS(=O)(=O)c1cccnc1NC[C@@H]1CCO[C@H]1c1ccccc1. The van der Waals surface area contributed by atoms with E-state index in [0.717, 1.165) is 12.0 Å². The van der Waals surface area contributed by atoms with Crippen molar-refractivity contribution < 1.29 is 13.2 Å². The molecule has 23 heavy (non-hydrogen) atoms. The van der Waals surface area contributed by atoms with Crippen molar-refractivity contribution in [3.8, 4) is 0 Å². The first-order valence-corrected chi connectivity index (χ1v) is 8.98. The van der Waals surface area contributed by atoms with Crippen molar-refractivity contribution in [1.82, 2.24) is 4.98 Å². The van der Waals surface area contributed by atoms with Crippen LogP contribution in [-0.2, 0) is 14.8 Å². The van der Waals surface area contributed by atoms with Gasteiger partial charge in [-0.3, -0.25) is 0 Å². The lowest BCUT2D eigenvalue weighted by molar-refractivity contribution is 0.0933. The molecule has 3 N–H and O–H groups in total. The Balaban J connectivity index is 1.74. The van der Waals surface area contributed by atoms with E-state index >= 15 is 0 Å². The molecule has 0 aliphatic carbocycles. The number of aromatic nitrogens is 1. The van der Waals surface area contributed by atoms with Crippen LogP contribution in [0.5, 0.6) is 0 Å². The highest BCUT2D eigenvalue weighted by Gasteiger charge is 2.29. The maximum atomic E-state index is 11.6. The molecule has 3 rings (SSSR count). The molecule has 0 spiro atoms. The molecule has 1 aromatic heterocycles. The summed E-state index contributed by atoms with van der Waals surface area (Å²) in [6.07, 6.45) is 2.45. The van der Waals surface area contributed by atoms with Crippen molar-refractivity contribution in [2.24, 2.45) is 11.1 Å². The predicted octanol–water partition coefficient (Wildman–Crippen LogP) is 1.92. The third-order valence-corrected chi connectivity index (χ3v) is 4.89. The standard InChI is InChI=1S/C16H19N3O3S/c17-23(20,21)14-7-4-9-18-16(14)19-11-13-8-10-22-15(13)12-5-2-1-3-6-12/h1-7,9,13,15H,8,10-11H2,(H,18,19)(H2,17,20,21)/t13-,15-/m0/s1. The molecule has 0 radical (unpaired) electrons. The minimum Gasteiger partial charge on any atom is -0.373 e. The van der Waals surface area contributed by atoms with Gasteiger partial charge in [0.25, 0.3) is 0 Å². The number of pyridine rings is 1. The van der Waals surface area contributed by atoms with Gasteiger partial charge in [-0.2, -0.15) is 0 Å². The molecule has 2 atom stereocenters. The first-order chi connectivity index (χ1) is 11.1. The molecule has 2 heterocycles. The van der Waals surface area contributed by atoms with Crippen LogP contribution in [0.15, 0.2) is 53.6 Å². The summed E-state index contributed by atoms with van der Waals surface area (Å²) >= 11 is 0. The third kappa shape index (κ3) is 3.69. The summed E-state index contributed by atoms with van der Waals surface area (Å²) < 4.78 is 29.1. The van der Waals surface area contributed by atoms with Gasteiger partial charge in [-0.1, -0.05) is 30.3 Å². The fraction of sp³-hybridized carbons (Fsp3) is 0.312. The summed E-state index contributed by atoms with van der Waals surface area (Å²) in [5.41, 5.74) is 1.13. The van der Waals surface area contributed by atoms with Crippen molar-refractivity contribution in [3.05, 3.63) is 54.2 Å². The van der Waals surface area contributed by atoms with Gasteiger partial charge in [0.1, 0.15) is 10.7 Å². The molecule has 1 fully saturated rings. The molecule has 2 aromatic rings. The second-order valence-corrected chi connectivity index (χ2v) is 7.06. The van der Waals surface area contributed by atoms with Crippen molar-refractivity contribution in [2.45, 2.75) is 17.4 Å². The molecule has 6 nitrogen and oxygen atoms in total. The number of anilines is 1. The molecular weight excluding hydrogens is 314 g/mol. The second kappa shape index (κ2) is 6.66. The highest BCUT2D eigenvalue weighted by molar-refractivity contribution is 7.89. The first kappa shape index (κ1) is 15.9. The zero-order valence-corrected chi connectivity index (χ0v) is 13.4. The number of primary sulfonamides is 1. The second-order valence-electron chi connectivity index (χ2n) is 5.53. The number of ether oxygens (including phenoxy) is 1. The normalized spacial score (nSPS) is 21.3. The topological polar surface area (TPSA) is 94.3 Å². The Morgan fingerprint density at radius 3 is 2.74 bits per heavy atom. The average molecular weight is 333 g/mol. The Hall–Kier alpha value is -1.96. The molecule has 7 heteroatoms. The number of benzene rings is 1. The predicted molar refractivity (Wildman–Crippen MR) is 87.3 cm³/mol. The largest absolute Gasteiger partial charge is 0.373 e. The van der Waals surface area contributed by atoms with E-state index in [0.29, 0.717) is 13.2 Å². The number of nitrogens with one attached hydrogen (secondary N) is 1. The molecular formula is C16H19N3O3S. The highest BCUT2D eigenvalue weighted by atomic mass is 32.2. The van der Waals surface area contributed by atoms with E-state index < -0.39 is 10.0 Å². The smallest absolute Gasteiger partial charge is 0.241 e. The highest BCUT2D eigenvalue weighted by Crippen LogP contribution is 2.34. The molecule has 0 bridgehead atoms. The van der Waals surface area contributed by atoms with Crippen molar-refractivity contribution in [1.29, 1.82) is 0 Å². The van der Waals surface area contributed by atoms with Crippen LogP contribution in [-0.4, -0.2) is 26.6 Å².